The van der Waals surface area contributed by atoms with Gasteiger partial charge in [-0.15, -0.1) is 0 Å². The second-order valence-electron chi connectivity index (χ2n) is 6.96. The van der Waals surface area contributed by atoms with Crippen LogP contribution < -0.4 is 14.5 Å². The lowest BCUT2D eigenvalue weighted by Crippen LogP contribution is -2.52. The minimum absolute atomic E-state index is 0.127. The summed E-state index contributed by atoms with van der Waals surface area (Å²) in [6.45, 7) is 3.04. The molecule has 2 aliphatic heterocycles. The van der Waals surface area contributed by atoms with Gasteiger partial charge in [0.15, 0.2) is 0 Å². The number of hydrogen-bond acceptors (Lipinski definition) is 5. The standard InChI is InChI=1S/C21H22BrN3O3/c1-28-19-5-3-2-4-17(19)23-10-12-24(13-11-23)18-14-20(26)25(21(18)27)16-8-6-15(22)7-9-16/h2-9,18H,10-14H2,1H3/t18-/m1/s1. The van der Waals surface area contributed by atoms with Crippen LogP contribution in [0.5, 0.6) is 5.75 Å². The molecule has 2 saturated heterocycles. The van der Waals surface area contributed by atoms with Crippen LogP contribution >= 0.6 is 15.9 Å². The van der Waals surface area contributed by atoms with Crippen LogP contribution in [-0.2, 0) is 9.59 Å². The van der Waals surface area contributed by atoms with Gasteiger partial charge in [-0.25, -0.2) is 4.90 Å². The average Bonchev–Trinajstić information content (AvgIpc) is 3.03. The number of piperazine rings is 1. The molecule has 2 aromatic carbocycles. The van der Waals surface area contributed by atoms with Gasteiger partial charge in [0.1, 0.15) is 5.75 Å². The SMILES string of the molecule is COc1ccccc1N1CCN([C@@H]2CC(=O)N(c3ccc(Br)cc3)C2=O)CC1. The van der Waals surface area contributed by atoms with E-state index >= 15 is 0 Å². The molecule has 0 saturated carbocycles. The van der Waals surface area contributed by atoms with E-state index in [1.165, 1.54) is 4.90 Å². The van der Waals surface area contributed by atoms with Crippen LogP contribution in [0.4, 0.5) is 11.4 Å². The van der Waals surface area contributed by atoms with Crippen LogP contribution in [0.1, 0.15) is 6.42 Å². The van der Waals surface area contributed by atoms with Crippen molar-refractivity contribution in [3.05, 3.63) is 53.0 Å². The lowest BCUT2D eigenvalue weighted by Gasteiger charge is -2.38. The largest absolute Gasteiger partial charge is 0.495 e. The lowest BCUT2D eigenvalue weighted by atomic mass is 10.1. The Balaban J connectivity index is 1.44. The number of methoxy groups -OCH3 is 1. The zero-order valence-electron chi connectivity index (χ0n) is 15.7. The van der Waals surface area contributed by atoms with E-state index < -0.39 is 0 Å². The Bertz CT molecular complexity index is 879. The van der Waals surface area contributed by atoms with E-state index in [0.717, 1.165) is 42.1 Å². The first-order chi connectivity index (χ1) is 13.6. The number of halogens is 1. The van der Waals surface area contributed by atoms with Crippen molar-refractivity contribution in [3.8, 4) is 5.75 Å². The van der Waals surface area contributed by atoms with Gasteiger partial charge in [-0.05, 0) is 36.4 Å². The number of rotatable bonds is 4. The van der Waals surface area contributed by atoms with Crippen molar-refractivity contribution in [2.75, 3.05) is 43.1 Å². The van der Waals surface area contributed by atoms with Crippen LogP contribution in [0.15, 0.2) is 53.0 Å². The van der Waals surface area contributed by atoms with Crippen LogP contribution in [0.3, 0.4) is 0 Å². The molecule has 4 rings (SSSR count). The van der Waals surface area contributed by atoms with Crippen LogP contribution in [-0.4, -0.2) is 56.0 Å². The zero-order chi connectivity index (χ0) is 19.7. The molecular formula is C21H22BrN3O3. The second kappa shape index (κ2) is 7.93. The second-order valence-corrected chi connectivity index (χ2v) is 7.87. The predicted molar refractivity (Wildman–Crippen MR) is 112 cm³/mol. The Hall–Kier alpha value is -2.38. The minimum Gasteiger partial charge on any atom is -0.495 e. The zero-order valence-corrected chi connectivity index (χ0v) is 17.3. The maximum absolute atomic E-state index is 13.0. The van der Waals surface area contributed by atoms with Gasteiger partial charge in [0, 0.05) is 30.7 Å². The highest BCUT2D eigenvalue weighted by Gasteiger charge is 2.43. The van der Waals surface area contributed by atoms with Crippen molar-refractivity contribution in [1.29, 1.82) is 0 Å². The van der Waals surface area contributed by atoms with Gasteiger partial charge in [0.05, 0.1) is 30.9 Å². The van der Waals surface area contributed by atoms with Crippen molar-refractivity contribution in [1.82, 2.24) is 4.90 Å². The topological polar surface area (TPSA) is 53.1 Å². The van der Waals surface area contributed by atoms with Gasteiger partial charge in [0.25, 0.3) is 5.91 Å². The summed E-state index contributed by atoms with van der Waals surface area (Å²) in [5.41, 5.74) is 1.70. The number of imide groups is 1. The molecule has 2 amide bonds. The molecule has 2 aromatic rings. The highest BCUT2D eigenvalue weighted by molar-refractivity contribution is 9.10. The molecule has 146 valence electrons. The Morgan fingerprint density at radius 1 is 0.964 bits per heavy atom. The van der Waals surface area contributed by atoms with E-state index in [4.69, 9.17) is 4.74 Å². The summed E-state index contributed by atoms with van der Waals surface area (Å²) in [5, 5.41) is 0. The molecule has 0 spiro atoms. The summed E-state index contributed by atoms with van der Waals surface area (Å²) >= 11 is 3.38. The van der Waals surface area contributed by atoms with Crippen molar-refractivity contribution in [2.45, 2.75) is 12.5 Å². The number of ether oxygens (including phenoxy) is 1. The van der Waals surface area contributed by atoms with E-state index in [1.807, 2.05) is 36.4 Å². The Morgan fingerprint density at radius 2 is 1.64 bits per heavy atom. The molecule has 0 N–H and O–H groups in total. The van der Waals surface area contributed by atoms with E-state index in [1.54, 1.807) is 19.2 Å². The number of hydrogen-bond donors (Lipinski definition) is 0. The molecule has 0 aliphatic carbocycles. The molecule has 2 aliphatic rings. The predicted octanol–water partition coefficient (Wildman–Crippen LogP) is 2.91. The van der Waals surface area contributed by atoms with Crippen molar-refractivity contribution < 1.29 is 14.3 Å². The number of para-hydroxylation sites is 2. The highest BCUT2D eigenvalue weighted by Crippen LogP contribution is 2.31. The lowest BCUT2D eigenvalue weighted by molar-refractivity contribution is -0.123. The molecule has 1 atom stereocenters. The van der Waals surface area contributed by atoms with Crippen molar-refractivity contribution in [3.63, 3.8) is 0 Å². The van der Waals surface area contributed by atoms with Crippen LogP contribution in [0, 0.1) is 0 Å². The summed E-state index contributed by atoms with van der Waals surface area (Å²) in [4.78, 5) is 31.2. The van der Waals surface area contributed by atoms with E-state index in [-0.39, 0.29) is 24.3 Å². The first-order valence-electron chi connectivity index (χ1n) is 9.33. The Morgan fingerprint density at radius 3 is 2.32 bits per heavy atom. The maximum atomic E-state index is 13.0. The quantitative estimate of drug-likeness (QED) is 0.679. The Labute approximate surface area is 172 Å². The van der Waals surface area contributed by atoms with Crippen LogP contribution in [0.25, 0.3) is 0 Å². The molecule has 0 radical (unpaired) electrons. The van der Waals surface area contributed by atoms with Gasteiger partial charge in [-0.1, -0.05) is 28.1 Å². The van der Waals surface area contributed by atoms with Gasteiger partial charge < -0.3 is 9.64 Å². The normalized spacial score (nSPS) is 20.7. The number of anilines is 2. The summed E-state index contributed by atoms with van der Waals surface area (Å²) in [7, 11) is 1.68. The monoisotopic (exact) mass is 443 g/mol. The summed E-state index contributed by atoms with van der Waals surface area (Å²) in [6.07, 6.45) is 0.240. The molecule has 0 unspecified atom stereocenters. The first-order valence-corrected chi connectivity index (χ1v) is 10.1. The molecular weight excluding hydrogens is 422 g/mol. The third kappa shape index (κ3) is 3.52. The fraction of sp³-hybridized carbons (Fsp3) is 0.333. The fourth-order valence-electron chi connectivity index (χ4n) is 3.93. The van der Waals surface area contributed by atoms with Gasteiger partial charge in [-0.3, -0.25) is 14.5 Å². The van der Waals surface area contributed by atoms with Crippen molar-refractivity contribution in [2.24, 2.45) is 0 Å². The van der Waals surface area contributed by atoms with E-state index in [9.17, 15) is 9.59 Å². The highest BCUT2D eigenvalue weighted by atomic mass is 79.9. The maximum Gasteiger partial charge on any atom is 0.251 e. The average molecular weight is 444 g/mol. The molecule has 28 heavy (non-hydrogen) atoms. The smallest absolute Gasteiger partial charge is 0.251 e. The minimum atomic E-state index is -0.379. The van der Waals surface area contributed by atoms with Gasteiger partial charge in [0.2, 0.25) is 5.91 Å². The molecule has 7 heteroatoms. The third-order valence-electron chi connectivity index (χ3n) is 5.39. The number of nitrogens with zero attached hydrogens (tertiary/aromatic N) is 3. The number of benzene rings is 2. The molecule has 0 aromatic heterocycles. The van der Waals surface area contributed by atoms with Crippen LogP contribution in [0.2, 0.25) is 0 Å². The van der Waals surface area contributed by atoms with Gasteiger partial charge in [-0.2, -0.15) is 0 Å². The third-order valence-corrected chi connectivity index (χ3v) is 5.92. The van der Waals surface area contributed by atoms with E-state index in [2.05, 4.69) is 25.7 Å². The molecule has 6 nitrogen and oxygen atoms in total. The Kier molecular flexibility index (Phi) is 5.37. The number of carbonyl (C=O) groups is 2. The molecule has 2 heterocycles. The summed E-state index contributed by atoms with van der Waals surface area (Å²) in [5.74, 6) is 0.590. The molecule has 2 fully saturated rings. The summed E-state index contributed by atoms with van der Waals surface area (Å²) in [6, 6.07) is 14.9. The molecule has 0 bridgehead atoms. The number of amides is 2. The fourth-order valence-corrected chi connectivity index (χ4v) is 4.19. The van der Waals surface area contributed by atoms with Gasteiger partial charge >= 0.3 is 0 Å². The summed E-state index contributed by atoms with van der Waals surface area (Å²) < 4.78 is 6.38. The number of carbonyl (C=O) groups excluding carboxylic acids is 2. The van der Waals surface area contributed by atoms with E-state index in [0.29, 0.717) is 5.69 Å². The first kappa shape index (κ1) is 19.0. The van der Waals surface area contributed by atoms with Crippen molar-refractivity contribution >= 4 is 39.1 Å².